The summed E-state index contributed by atoms with van der Waals surface area (Å²) < 4.78 is 5.27. The lowest BCUT2D eigenvalue weighted by Crippen LogP contribution is -2.07. The van der Waals surface area contributed by atoms with Crippen LogP contribution in [0, 0.1) is 0 Å². The molecular weight excluding hydrogens is 206 g/mol. The minimum atomic E-state index is -0.253. The first kappa shape index (κ1) is 8.84. The number of aromatic amines is 1. The number of hydrogen-bond donors (Lipinski definition) is 1. The van der Waals surface area contributed by atoms with Crippen LogP contribution in [0.1, 0.15) is 0 Å². The van der Waals surface area contributed by atoms with Crippen molar-refractivity contribution in [2.75, 3.05) is 0 Å². The Bertz CT molecular complexity index is 685. The summed E-state index contributed by atoms with van der Waals surface area (Å²) in [6.45, 7) is 0. The van der Waals surface area contributed by atoms with Gasteiger partial charge in [-0.1, -0.05) is 0 Å². The largest absolute Gasteiger partial charge is 0.462 e. The SMILES string of the molecule is O=c1[nH]nc(-c2cccnc2)c2occc12. The quantitative estimate of drug-likeness (QED) is 0.666. The van der Waals surface area contributed by atoms with E-state index in [1.54, 1.807) is 24.5 Å². The number of aromatic nitrogens is 3. The molecule has 0 aromatic carbocycles. The van der Waals surface area contributed by atoms with E-state index in [1.807, 2.05) is 6.07 Å². The predicted molar refractivity (Wildman–Crippen MR) is 57.9 cm³/mol. The second-order valence-corrected chi connectivity index (χ2v) is 3.31. The second kappa shape index (κ2) is 3.30. The summed E-state index contributed by atoms with van der Waals surface area (Å²) in [4.78, 5) is 15.4. The number of fused-ring (bicyclic) bond motifs is 1. The van der Waals surface area contributed by atoms with Gasteiger partial charge in [0.1, 0.15) is 5.69 Å². The highest BCUT2D eigenvalue weighted by Gasteiger charge is 2.11. The van der Waals surface area contributed by atoms with E-state index in [0.717, 1.165) is 5.56 Å². The normalized spacial score (nSPS) is 10.8. The molecule has 16 heavy (non-hydrogen) atoms. The van der Waals surface area contributed by atoms with Crippen LogP contribution in [0.5, 0.6) is 0 Å². The van der Waals surface area contributed by atoms with Crippen LogP contribution < -0.4 is 5.56 Å². The molecule has 0 amide bonds. The Morgan fingerprint density at radius 3 is 3.06 bits per heavy atom. The molecule has 0 aliphatic heterocycles. The van der Waals surface area contributed by atoms with Crippen molar-refractivity contribution in [3.63, 3.8) is 0 Å². The Kier molecular flexibility index (Phi) is 1.83. The summed E-state index contributed by atoms with van der Waals surface area (Å²) in [5.41, 5.74) is 1.62. The second-order valence-electron chi connectivity index (χ2n) is 3.31. The minimum Gasteiger partial charge on any atom is -0.462 e. The van der Waals surface area contributed by atoms with Gasteiger partial charge < -0.3 is 4.42 Å². The number of H-pyrrole nitrogens is 1. The molecule has 78 valence electrons. The van der Waals surface area contributed by atoms with Gasteiger partial charge >= 0.3 is 0 Å². The number of furan rings is 1. The fourth-order valence-electron chi connectivity index (χ4n) is 1.59. The highest BCUT2D eigenvalue weighted by Crippen LogP contribution is 2.23. The third kappa shape index (κ3) is 1.22. The molecule has 5 heteroatoms. The van der Waals surface area contributed by atoms with Crippen molar-refractivity contribution in [3.8, 4) is 11.3 Å². The molecule has 3 heterocycles. The fraction of sp³-hybridized carbons (Fsp3) is 0. The van der Waals surface area contributed by atoms with Crippen LogP contribution in [-0.2, 0) is 0 Å². The van der Waals surface area contributed by atoms with Crippen molar-refractivity contribution >= 4 is 11.0 Å². The van der Waals surface area contributed by atoms with Gasteiger partial charge in [-0.05, 0) is 18.2 Å². The topological polar surface area (TPSA) is 71.8 Å². The summed E-state index contributed by atoms with van der Waals surface area (Å²) in [6, 6.07) is 5.28. The van der Waals surface area contributed by atoms with Crippen LogP contribution in [0.25, 0.3) is 22.2 Å². The molecule has 0 saturated heterocycles. The number of nitrogens with zero attached hydrogens (tertiary/aromatic N) is 2. The maximum Gasteiger partial charge on any atom is 0.275 e. The van der Waals surface area contributed by atoms with Gasteiger partial charge in [0.25, 0.3) is 5.56 Å². The van der Waals surface area contributed by atoms with Crippen molar-refractivity contribution < 1.29 is 4.42 Å². The lowest BCUT2D eigenvalue weighted by atomic mass is 10.2. The molecule has 0 aliphatic carbocycles. The van der Waals surface area contributed by atoms with E-state index in [2.05, 4.69) is 15.2 Å². The number of pyridine rings is 1. The number of rotatable bonds is 1. The molecule has 0 spiro atoms. The Morgan fingerprint density at radius 2 is 2.25 bits per heavy atom. The number of nitrogens with one attached hydrogen (secondary N) is 1. The molecule has 3 aromatic rings. The van der Waals surface area contributed by atoms with Gasteiger partial charge in [-0.3, -0.25) is 9.78 Å². The van der Waals surface area contributed by atoms with Crippen LogP contribution in [0.4, 0.5) is 0 Å². The van der Waals surface area contributed by atoms with Crippen molar-refractivity contribution in [2.45, 2.75) is 0 Å². The van der Waals surface area contributed by atoms with Gasteiger partial charge in [0, 0.05) is 18.0 Å². The van der Waals surface area contributed by atoms with Gasteiger partial charge in [0.2, 0.25) is 0 Å². The van der Waals surface area contributed by atoms with E-state index in [9.17, 15) is 4.79 Å². The third-order valence-corrected chi connectivity index (χ3v) is 2.33. The molecule has 0 fully saturated rings. The summed E-state index contributed by atoms with van der Waals surface area (Å²) in [5.74, 6) is 0. The van der Waals surface area contributed by atoms with Crippen LogP contribution >= 0.6 is 0 Å². The summed E-state index contributed by atoms with van der Waals surface area (Å²) in [7, 11) is 0. The van der Waals surface area contributed by atoms with Crippen LogP contribution in [0.3, 0.4) is 0 Å². The smallest absolute Gasteiger partial charge is 0.275 e. The van der Waals surface area contributed by atoms with Gasteiger partial charge in [-0.25, -0.2) is 5.10 Å². The fourth-order valence-corrected chi connectivity index (χ4v) is 1.59. The standard InChI is InChI=1S/C11H7N3O2/c15-11-8-3-5-16-10(8)9(13-14-11)7-2-1-4-12-6-7/h1-6H,(H,14,15). The minimum absolute atomic E-state index is 0.253. The molecule has 1 N–H and O–H groups in total. The van der Waals surface area contributed by atoms with Gasteiger partial charge in [-0.15, -0.1) is 0 Å². The molecule has 0 aliphatic rings. The first-order valence-electron chi connectivity index (χ1n) is 4.72. The summed E-state index contributed by atoms with van der Waals surface area (Å²) in [5, 5.41) is 6.91. The highest BCUT2D eigenvalue weighted by atomic mass is 16.3. The Morgan fingerprint density at radius 1 is 1.31 bits per heavy atom. The van der Waals surface area contributed by atoms with Gasteiger partial charge in [0.05, 0.1) is 11.6 Å². The van der Waals surface area contributed by atoms with Crippen LogP contribution in [-0.4, -0.2) is 15.2 Å². The number of hydrogen-bond acceptors (Lipinski definition) is 4. The molecule has 5 nitrogen and oxygen atoms in total. The molecule has 0 saturated carbocycles. The Labute approximate surface area is 89.8 Å². The lowest BCUT2D eigenvalue weighted by molar-refractivity contribution is 0.614. The zero-order chi connectivity index (χ0) is 11.0. The van der Waals surface area contributed by atoms with Crippen molar-refractivity contribution in [2.24, 2.45) is 0 Å². The molecule has 0 atom stereocenters. The Hall–Kier alpha value is -2.43. The highest BCUT2D eigenvalue weighted by molar-refractivity contribution is 5.88. The van der Waals surface area contributed by atoms with E-state index in [0.29, 0.717) is 16.7 Å². The van der Waals surface area contributed by atoms with Gasteiger partial charge in [0.15, 0.2) is 5.58 Å². The maximum atomic E-state index is 11.4. The summed E-state index contributed by atoms with van der Waals surface area (Å²) >= 11 is 0. The van der Waals surface area contributed by atoms with Crippen molar-refractivity contribution in [1.82, 2.24) is 15.2 Å². The van der Waals surface area contributed by atoms with Gasteiger partial charge in [-0.2, -0.15) is 5.10 Å². The average Bonchev–Trinajstić information content (AvgIpc) is 2.81. The molecule has 3 rings (SSSR count). The van der Waals surface area contributed by atoms with E-state index in [4.69, 9.17) is 4.42 Å². The first-order chi connectivity index (χ1) is 7.86. The lowest BCUT2D eigenvalue weighted by Gasteiger charge is -1.99. The van der Waals surface area contributed by atoms with E-state index >= 15 is 0 Å². The Balaban J connectivity index is 2.37. The zero-order valence-electron chi connectivity index (χ0n) is 8.18. The zero-order valence-corrected chi connectivity index (χ0v) is 8.18. The molecule has 0 unspecified atom stereocenters. The molecule has 0 radical (unpaired) electrons. The predicted octanol–water partition coefficient (Wildman–Crippen LogP) is 1.58. The van der Waals surface area contributed by atoms with Crippen molar-refractivity contribution in [3.05, 3.63) is 47.2 Å². The maximum absolute atomic E-state index is 11.4. The van der Waals surface area contributed by atoms with Crippen LogP contribution in [0.15, 0.2) is 46.1 Å². The average molecular weight is 213 g/mol. The van der Waals surface area contributed by atoms with E-state index < -0.39 is 0 Å². The monoisotopic (exact) mass is 213 g/mol. The molecular formula is C11H7N3O2. The summed E-state index contributed by atoms with van der Waals surface area (Å²) in [6.07, 6.45) is 4.82. The third-order valence-electron chi connectivity index (χ3n) is 2.33. The molecule has 3 aromatic heterocycles. The molecule has 0 bridgehead atoms. The first-order valence-corrected chi connectivity index (χ1v) is 4.72. The van der Waals surface area contributed by atoms with E-state index in [1.165, 1.54) is 6.26 Å². The van der Waals surface area contributed by atoms with E-state index in [-0.39, 0.29) is 5.56 Å². The van der Waals surface area contributed by atoms with Crippen LogP contribution in [0.2, 0.25) is 0 Å². The van der Waals surface area contributed by atoms with Crippen molar-refractivity contribution in [1.29, 1.82) is 0 Å².